The second kappa shape index (κ2) is 8.42. The van der Waals surface area contributed by atoms with Crippen LogP contribution in [0.3, 0.4) is 0 Å². The van der Waals surface area contributed by atoms with Crippen LogP contribution in [0, 0.1) is 13.8 Å². The Bertz CT molecular complexity index is 1390. The lowest BCUT2D eigenvalue weighted by atomic mass is 10.1. The summed E-state index contributed by atoms with van der Waals surface area (Å²) in [5, 5.41) is 9.74. The van der Waals surface area contributed by atoms with E-state index in [1.54, 1.807) is 6.92 Å². The number of anilines is 1. The number of pyridine rings is 1. The van der Waals surface area contributed by atoms with Crippen molar-refractivity contribution < 1.29 is 14.1 Å². The Labute approximate surface area is 182 Å². The summed E-state index contributed by atoms with van der Waals surface area (Å²) >= 11 is 0. The monoisotopic (exact) mass is 432 g/mol. The van der Waals surface area contributed by atoms with Crippen molar-refractivity contribution in [3.63, 3.8) is 0 Å². The van der Waals surface area contributed by atoms with Gasteiger partial charge in [0.2, 0.25) is 5.56 Å². The summed E-state index contributed by atoms with van der Waals surface area (Å²) in [7, 11) is 0. The number of benzene rings is 1. The molecule has 4 aromatic rings. The van der Waals surface area contributed by atoms with Crippen LogP contribution in [0.5, 0.6) is 0 Å². The van der Waals surface area contributed by atoms with Crippen molar-refractivity contribution in [2.24, 2.45) is 0 Å². The van der Waals surface area contributed by atoms with Crippen molar-refractivity contribution in [2.45, 2.75) is 26.8 Å². The van der Waals surface area contributed by atoms with Gasteiger partial charge in [0.05, 0.1) is 6.04 Å². The first-order valence-electron chi connectivity index (χ1n) is 9.82. The van der Waals surface area contributed by atoms with Crippen LogP contribution in [0.25, 0.3) is 11.0 Å². The number of carbonyl (C=O) groups excluding carboxylic acids is 2. The zero-order valence-electron chi connectivity index (χ0n) is 17.6. The smallest absolute Gasteiger partial charge is 0.277 e. The molecule has 2 amide bonds. The van der Waals surface area contributed by atoms with Gasteiger partial charge in [-0.15, -0.1) is 0 Å². The molecule has 0 aliphatic carbocycles. The van der Waals surface area contributed by atoms with Crippen LogP contribution < -0.4 is 16.2 Å². The van der Waals surface area contributed by atoms with E-state index >= 15 is 0 Å². The van der Waals surface area contributed by atoms with Crippen LogP contribution in [0.2, 0.25) is 0 Å². The van der Waals surface area contributed by atoms with Crippen LogP contribution in [-0.4, -0.2) is 31.9 Å². The number of amides is 2. The van der Waals surface area contributed by atoms with E-state index in [1.165, 1.54) is 24.5 Å². The molecule has 0 radical (unpaired) electrons. The van der Waals surface area contributed by atoms with Gasteiger partial charge in [-0.25, -0.2) is 9.97 Å². The van der Waals surface area contributed by atoms with Crippen molar-refractivity contribution in [2.75, 3.05) is 5.32 Å². The average Bonchev–Trinajstić information content (AvgIpc) is 3.26. The molecule has 0 unspecified atom stereocenters. The van der Waals surface area contributed by atoms with Crippen molar-refractivity contribution in [1.29, 1.82) is 0 Å². The lowest BCUT2D eigenvalue weighted by molar-refractivity contribution is 0.0929. The van der Waals surface area contributed by atoms with Crippen molar-refractivity contribution in [3.05, 3.63) is 81.4 Å². The molecule has 3 heterocycles. The van der Waals surface area contributed by atoms with Crippen molar-refractivity contribution in [3.8, 4) is 0 Å². The minimum Gasteiger partial charge on any atom is -0.358 e. The van der Waals surface area contributed by atoms with E-state index in [0.29, 0.717) is 16.8 Å². The van der Waals surface area contributed by atoms with Crippen molar-refractivity contribution >= 4 is 28.5 Å². The van der Waals surface area contributed by atoms with E-state index in [0.717, 1.165) is 11.1 Å². The van der Waals surface area contributed by atoms with E-state index < -0.39 is 17.9 Å². The molecule has 1 aromatic carbocycles. The van der Waals surface area contributed by atoms with Gasteiger partial charge in [-0.3, -0.25) is 14.4 Å². The normalized spacial score (nSPS) is 11.8. The van der Waals surface area contributed by atoms with Crippen LogP contribution >= 0.6 is 0 Å². The molecule has 0 saturated heterocycles. The summed E-state index contributed by atoms with van der Waals surface area (Å²) in [6.07, 6.45) is 1.20. The number of aromatic nitrogens is 4. The SMILES string of the molecule is Cc1ccc(NC(=O)c2cc([C@@H](C)NC(=O)c3ncnc4[nH]c(=O)ccc34)on2)cc1C. The Hall–Kier alpha value is -4.34. The van der Waals surface area contributed by atoms with E-state index in [9.17, 15) is 14.4 Å². The molecule has 3 N–H and O–H groups in total. The van der Waals surface area contributed by atoms with Crippen molar-refractivity contribution in [1.82, 2.24) is 25.4 Å². The van der Waals surface area contributed by atoms with Gasteiger partial charge in [-0.2, -0.15) is 0 Å². The highest BCUT2D eigenvalue weighted by molar-refractivity contribution is 6.04. The predicted octanol–water partition coefficient (Wildman–Crippen LogP) is 2.67. The van der Waals surface area contributed by atoms with E-state index in [-0.39, 0.29) is 22.6 Å². The summed E-state index contributed by atoms with van der Waals surface area (Å²) in [5.41, 5.74) is 2.95. The average molecular weight is 432 g/mol. The Balaban J connectivity index is 1.47. The lowest BCUT2D eigenvalue weighted by Crippen LogP contribution is -2.27. The minimum absolute atomic E-state index is 0.0874. The van der Waals surface area contributed by atoms with E-state index in [2.05, 4.69) is 30.7 Å². The number of carbonyl (C=O) groups is 2. The highest BCUT2D eigenvalue weighted by atomic mass is 16.5. The molecule has 4 rings (SSSR count). The van der Waals surface area contributed by atoms with Crippen LogP contribution in [0.1, 0.15) is 50.8 Å². The summed E-state index contributed by atoms with van der Waals surface area (Å²) in [6, 6.07) is 9.26. The van der Waals surface area contributed by atoms with Gasteiger partial charge < -0.3 is 20.1 Å². The number of aromatic amines is 1. The van der Waals surface area contributed by atoms with Crippen LogP contribution in [0.4, 0.5) is 5.69 Å². The molecule has 0 bridgehead atoms. The first-order valence-corrected chi connectivity index (χ1v) is 9.82. The molecule has 3 aromatic heterocycles. The molecular formula is C22H20N6O4. The van der Waals surface area contributed by atoms with Gasteiger partial charge in [0.25, 0.3) is 11.8 Å². The molecule has 0 spiro atoms. The molecule has 32 heavy (non-hydrogen) atoms. The first kappa shape index (κ1) is 20.9. The lowest BCUT2D eigenvalue weighted by Gasteiger charge is -2.11. The first-order chi connectivity index (χ1) is 15.3. The van der Waals surface area contributed by atoms with Gasteiger partial charge in [-0.05, 0) is 50.1 Å². The zero-order chi connectivity index (χ0) is 22.8. The second-order valence-corrected chi connectivity index (χ2v) is 7.37. The Morgan fingerprint density at radius 3 is 2.62 bits per heavy atom. The highest BCUT2D eigenvalue weighted by Gasteiger charge is 2.21. The fourth-order valence-corrected chi connectivity index (χ4v) is 3.10. The zero-order valence-corrected chi connectivity index (χ0v) is 17.6. The summed E-state index contributed by atoms with van der Waals surface area (Å²) in [4.78, 5) is 47.2. The maximum atomic E-state index is 12.7. The minimum atomic E-state index is -0.592. The third kappa shape index (κ3) is 4.24. The molecule has 0 saturated carbocycles. The number of H-pyrrole nitrogens is 1. The molecule has 10 nitrogen and oxygen atoms in total. The number of fused-ring (bicyclic) bond motifs is 1. The quantitative estimate of drug-likeness (QED) is 0.440. The molecular weight excluding hydrogens is 412 g/mol. The number of hydrogen-bond donors (Lipinski definition) is 3. The standard InChI is InChI=1S/C22H20N6O4/c1-11-4-5-14(8-12(11)2)26-21(30)16-9-17(32-28-16)13(3)25-22(31)19-15-6-7-18(29)27-20(15)24-10-23-19/h4-10,13H,1-3H3,(H,25,31)(H,26,30)(H,23,24,27,29)/t13-/m1/s1. The maximum Gasteiger partial charge on any atom is 0.277 e. The van der Waals surface area contributed by atoms with Crippen LogP contribution in [0.15, 0.2) is 52.0 Å². The molecule has 0 aliphatic heterocycles. The number of hydrogen-bond acceptors (Lipinski definition) is 7. The van der Waals surface area contributed by atoms with Gasteiger partial charge in [0.1, 0.15) is 17.7 Å². The topological polar surface area (TPSA) is 143 Å². The number of rotatable bonds is 5. The predicted molar refractivity (Wildman–Crippen MR) is 116 cm³/mol. The van der Waals surface area contributed by atoms with E-state index in [4.69, 9.17) is 4.52 Å². The molecule has 0 fully saturated rings. The molecule has 162 valence electrons. The summed E-state index contributed by atoms with van der Waals surface area (Å²) < 4.78 is 5.26. The summed E-state index contributed by atoms with van der Waals surface area (Å²) in [5.74, 6) is -0.614. The molecule has 1 atom stereocenters. The van der Waals surface area contributed by atoms with Gasteiger partial charge in [-0.1, -0.05) is 11.2 Å². The largest absolute Gasteiger partial charge is 0.358 e. The maximum absolute atomic E-state index is 12.7. The van der Waals surface area contributed by atoms with Gasteiger partial charge in [0, 0.05) is 23.2 Å². The Morgan fingerprint density at radius 1 is 1.03 bits per heavy atom. The third-order valence-corrected chi connectivity index (χ3v) is 5.04. The fourth-order valence-electron chi connectivity index (χ4n) is 3.10. The number of aryl methyl sites for hydroxylation is 2. The highest BCUT2D eigenvalue weighted by Crippen LogP contribution is 2.18. The Morgan fingerprint density at radius 2 is 1.84 bits per heavy atom. The fraction of sp³-hybridized carbons (Fsp3) is 0.182. The van der Waals surface area contributed by atoms with Crippen LogP contribution in [-0.2, 0) is 0 Å². The Kier molecular flexibility index (Phi) is 5.50. The van der Waals surface area contributed by atoms with Gasteiger partial charge in [0.15, 0.2) is 11.5 Å². The molecule has 0 aliphatic rings. The number of nitrogens with one attached hydrogen (secondary N) is 3. The second-order valence-electron chi connectivity index (χ2n) is 7.37. The number of nitrogens with zero attached hydrogens (tertiary/aromatic N) is 3. The van der Waals surface area contributed by atoms with E-state index in [1.807, 2.05) is 32.0 Å². The third-order valence-electron chi connectivity index (χ3n) is 5.04. The molecule has 10 heteroatoms. The summed E-state index contributed by atoms with van der Waals surface area (Å²) in [6.45, 7) is 5.64. The van der Waals surface area contributed by atoms with Gasteiger partial charge >= 0.3 is 0 Å².